The second kappa shape index (κ2) is 4.53. The van der Waals surface area contributed by atoms with E-state index in [4.69, 9.17) is 4.74 Å². The minimum atomic E-state index is 0.825. The van der Waals surface area contributed by atoms with Gasteiger partial charge in [0.25, 0.3) is 0 Å². The highest BCUT2D eigenvalue weighted by Gasteiger charge is 2.17. The van der Waals surface area contributed by atoms with Crippen LogP contribution in [0.1, 0.15) is 5.56 Å². The van der Waals surface area contributed by atoms with E-state index in [1.807, 2.05) is 0 Å². The van der Waals surface area contributed by atoms with Gasteiger partial charge in [-0.3, -0.25) is 0 Å². The number of hydrogen-bond acceptors (Lipinski definition) is 4. The van der Waals surface area contributed by atoms with Gasteiger partial charge in [-0.2, -0.15) is 0 Å². The molecule has 18 heavy (non-hydrogen) atoms. The third-order valence-electron chi connectivity index (χ3n) is 3.61. The quantitative estimate of drug-likeness (QED) is 0.817. The molecule has 0 unspecified atom stereocenters. The van der Waals surface area contributed by atoms with Crippen LogP contribution < -0.4 is 10.2 Å². The molecule has 2 heterocycles. The van der Waals surface area contributed by atoms with Crippen molar-refractivity contribution in [1.82, 2.24) is 4.90 Å². The first-order valence-electron chi connectivity index (χ1n) is 6.37. The van der Waals surface area contributed by atoms with Gasteiger partial charge in [-0.15, -0.1) is 0 Å². The lowest BCUT2D eigenvalue weighted by Gasteiger charge is -2.33. The van der Waals surface area contributed by atoms with Crippen LogP contribution in [0.15, 0.2) is 30.6 Å². The molecule has 3 rings (SSSR count). The number of nitrogens with one attached hydrogen (secondary N) is 1. The van der Waals surface area contributed by atoms with Crippen LogP contribution in [0.2, 0.25) is 0 Å². The largest absolute Gasteiger partial charge is 0.378 e. The number of fused-ring (bicyclic) bond motifs is 1. The van der Waals surface area contributed by atoms with Crippen molar-refractivity contribution in [2.24, 2.45) is 0 Å². The summed E-state index contributed by atoms with van der Waals surface area (Å²) >= 11 is 0. The zero-order chi connectivity index (χ0) is 12.5. The maximum absolute atomic E-state index is 5.39. The molecule has 2 aliphatic heterocycles. The minimum Gasteiger partial charge on any atom is -0.378 e. The Kier molecular flexibility index (Phi) is 2.88. The van der Waals surface area contributed by atoms with Gasteiger partial charge in [-0.05, 0) is 23.8 Å². The van der Waals surface area contributed by atoms with Gasteiger partial charge in [0.05, 0.1) is 19.0 Å². The molecule has 2 aliphatic rings. The molecule has 0 atom stereocenters. The fourth-order valence-corrected chi connectivity index (χ4v) is 2.45. The molecular formula is C14H19N3O. The lowest BCUT2D eigenvalue weighted by Crippen LogP contribution is -2.36. The van der Waals surface area contributed by atoms with Crippen molar-refractivity contribution in [2.75, 3.05) is 43.6 Å². The third kappa shape index (κ3) is 2.04. The minimum absolute atomic E-state index is 0.825. The second-order valence-electron chi connectivity index (χ2n) is 4.87. The molecule has 0 saturated carbocycles. The number of rotatable bonds is 1. The lowest BCUT2D eigenvalue weighted by molar-refractivity contribution is 0.122. The summed E-state index contributed by atoms with van der Waals surface area (Å²) in [6.45, 7) is 8.52. The van der Waals surface area contributed by atoms with Crippen LogP contribution in [0.5, 0.6) is 0 Å². The molecule has 1 fully saturated rings. The van der Waals surface area contributed by atoms with Crippen LogP contribution in [0.25, 0.3) is 0 Å². The van der Waals surface area contributed by atoms with Crippen LogP contribution in [-0.4, -0.2) is 38.3 Å². The molecule has 4 nitrogen and oxygen atoms in total. The summed E-state index contributed by atoms with van der Waals surface area (Å²) in [5, 5.41) is 3.33. The van der Waals surface area contributed by atoms with Crippen LogP contribution in [0.4, 0.5) is 11.4 Å². The highest BCUT2D eigenvalue weighted by atomic mass is 16.5. The number of anilines is 2. The van der Waals surface area contributed by atoms with Crippen molar-refractivity contribution in [3.8, 4) is 0 Å². The Morgan fingerprint density at radius 3 is 2.83 bits per heavy atom. The van der Waals surface area contributed by atoms with E-state index >= 15 is 0 Å². The Hall–Kier alpha value is -1.68. The Balaban J connectivity index is 1.86. The Morgan fingerprint density at radius 2 is 2.06 bits per heavy atom. The smallest absolute Gasteiger partial charge is 0.0983 e. The molecule has 0 aliphatic carbocycles. The molecule has 1 aromatic rings. The molecule has 1 N–H and O–H groups in total. The highest BCUT2D eigenvalue weighted by Crippen LogP contribution is 2.29. The predicted octanol–water partition coefficient (Wildman–Crippen LogP) is 1.85. The molecule has 1 aromatic carbocycles. The molecule has 0 spiro atoms. The molecule has 0 amide bonds. The molecular weight excluding hydrogens is 226 g/mol. The zero-order valence-corrected chi connectivity index (χ0v) is 10.8. The van der Waals surface area contributed by atoms with Crippen LogP contribution >= 0.6 is 0 Å². The third-order valence-corrected chi connectivity index (χ3v) is 3.61. The first kappa shape index (κ1) is 11.4. The van der Waals surface area contributed by atoms with Gasteiger partial charge in [0.2, 0.25) is 0 Å². The molecule has 0 aromatic heterocycles. The normalized spacial score (nSPS) is 19.5. The molecule has 4 heteroatoms. The molecule has 96 valence electrons. The van der Waals surface area contributed by atoms with Gasteiger partial charge in [0.15, 0.2) is 0 Å². The predicted molar refractivity (Wildman–Crippen MR) is 73.7 cm³/mol. The average molecular weight is 245 g/mol. The van der Waals surface area contributed by atoms with Crippen molar-refractivity contribution in [1.29, 1.82) is 0 Å². The van der Waals surface area contributed by atoms with Gasteiger partial charge in [-0.1, -0.05) is 6.58 Å². The van der Waals surface area contributed by atoms with Crippen molar-refractivity contribution in [3.63, 3.8) is 0 Å². The van der Waals surface area contributed by atoms with Gasteiger partial charge in [0, 0.05) is 38.1 Å². The summed E-state index contributed by atoms with van der Waals surface area (Å²) < 4.78 is 5.39. The van der Waals surface area contributed by atoms with E-state index in [-0.39, 0.29) is 0 Å². The summed E-state index contributed by atoms with van der Waals surface area (Å²) in [5.74, 6) is 0.960. The van der Waals surface area contributed by atoms with Crippen LogP contribution in [0.3, 0.4) is 0 Å². The van der Waals surface area contributed by atoms with Crippen LogP contribution in [0, 0.1) is 0 Å². The Labute approximate surface area is 108 Å². The van der Waals surface area contributed by atoms with Crippen molar-refractivity contribution >= 4 is 11.4 Å². The van der Waals surface area contributed by atoms with E-state index < -0.39 is 0 Å². The monoisotopic (exact) mass is 245 g/mol. The molecule has 1 saturated heterocycles. The van der Waals surface area contributed by atoms with Crippen molar-refractivity contribution < 1.29 is 4.74 Å². The summed E-state index contributed by atoms with van der Waals surface area (Å²) in [5.41, 5.74) is 3.80. The molecule has 0 bridgehead atoms. The first-order chi connectivity index (χ1) is 8.74. The summed E-state index contributed by atoms with van der Waals surface area (Å²) in [4.78, 5) is 4.51. The standard InChI is InChI=1S/C14H19N3O/c1-11-15-14-4-3-13(9-12(14)10-16(11)2)17-5-7-18-8-6-17/h3-4,9,15H,1,5-8,10H2,2H3. The molecule has 0 radical (unpaired) electrons. The van der Waals surface area contributed by atoms with E-state index in [1.54, 1.807) is 0 Å². The van der Waals surface area contributed by atoms with Crippen molar-refractivity contribution in [2.45, 2.75) is 6.54 Å². The second-order valence-corrected chi connectivity index (χ2v) is 4.87. The van der Waals surface area contributed by atoms with E-state index in [2.05, 4.69) is 46.9 Å². The number of ether oxygens (including phenoxy) is 1. The SMILES string of the molecule is C=C1Nc2ccc(N3CCOCC3)cc2CN1C. The van der Waals surface area contributed by atoms with Gasteiger partial charge in [-0.25, -0.2) is 0 Å². The zero-order valence-electron chi connectivity index (χ0n) is 10.8. The fourth-order valence-electron chi connectivity index (χ4n) is 2.45. The first-order valence-corrected chi connectivity index (χ1v) is 6.37. The number of nitrogens with zero attached hydrogens (tertiary/aromatic N) is 2. The highest BCUT2D eigenvalue weighted by molar-refractivity contribution is 5.63. The van der Waals surface area contributed by atoms with E-state index in [9.17, 15) is 0 Å². The van der Waals surface area contributed by atoms with Crippen LogP contribution in [-0.2, 0) is 11.3 Å². The fraction of sp³-hybridized carbons (Fsp3) is 0.429. The lowest BCUT2D eigenvalue weighted by atomic mass is 10.1. The van der Waals surface area contributed by atoms with Gasteiger partial charge >= 0.3 is 0 Å². The maximum atomic E-state index is 5.39. The van der Waals surface area contributed by atoms with E-state index in [0.29, 0.717) is 0 Å². The Morgan fingerprint density at radius 1 is 1.28 bits per heavy atom. The summed E-state index contributed by atoms with van der Waals surface area (Å²) in [6, 6.07) is 6.60. The number of benzene rings is 1. The van der Waals surface area contributed by atoms with Gasteiger partial charge < -0.3 is 19.9 Å². The van der Waals surface area contributed by atoms with E-state index in [0.717, 1.165) is 38.7 Å². The maximum Gasteiger partial charge on any atom is 0.0983 e. The Bertz CT molecular complexity index is 466. The summed E-state index contributed by atoms with van der Waals surface area (Å²) in [6.07, 6.45) is 0. The number of hydrogen-bond donors (Lipinski definition) is 1. The topological polar surface area (TPSA) is 27.7 Å². The van der Waals surface area contributed by atoms with E-state index in [1.165, 1.54) is 16.9 Å². The van der Waals surface area contributed by atoms with Crippen molar-refractivity contribution in [3.05, 3.63) is 36.2 Å². The number of morpholine rings is 1. The average Bonchev–Trinajstić information content (AvgIpc) is 2.41. The summed E-state index contributed by atoms with van der Waals surface area (Å²) in [7, 11) is 2.06. The van der Waals surface area contributed by atoms with Gasteiger partial charge in [0.1, 0.15) is 0 Å².